The zero-order chi connectivity index (χ0) is 23.5. The predicted octanol–water partition coefficient (Wildman–Crippen LogP) is 4.24. The summed E-state index contributed by atoms with van der Waals surface area (Å²) in [6, 6.07) is 17.5. The van der Waals surface area contributed by atoms with Gasteiger partial charge in [-0.3, -0.25) is 4.90 Å². The maximum absolute atomic E-state index is 13.1. The number of hydrogen-bond acceptors (Lipinski definition) is 4. The number of para-hydroxylation sites is 1. The minimum Gasteiger partial charge on any atom is -0.496 e. The Bertz CT molecular complexity index is 973. The average Bonchev–Trinajstić information content (AvgIpc) is 3.36. The largest absolute Gasteiger partial charge is 0.496 e. The van der Waals surface area contributed by atoms with Crippen LogP contribution in [0.15, 0.2) is 48.5 Å². The van der Waals surface area contributed by atoms with Crippen molar-refractivity contribution in [3.63, 3.8) is 0 Å². The number of benzene rings is 2. The highest BCUT2D eigenvalue weighted by Crippen LogP contribution is 2.42. The molecule has 2 saturated heterocycles. The van der Waals surface area contributed by atoms with Crippen LogP contribution in [0.5, 0.6) is 5.75 Å². The van der Waals surface area contributed by atoms with Gasteiger partial charge in [0.1, 0.15) is 5.75 Å². The van der Waals surface area contributed by atoms with Gasteiger partial charge in [-0.25, -0.2) is 4.79 Å². The van der Waals surface area contributed by atoms with Gasteiger partial charge in [0.2, 0.25) is 0 Å². The number of rotatable bonds is 5. The van der Waals surface area contributed by atoms with Crippen molar-refractivity contribution in [3.8, 4) is 16.9 Å². The van der Waals surface area contributed by atoms with E-state index >= 15 is 0 Å². The quantitative estimate of drug-likeness (QED) is 0.696. The summed E-state index contributed by atoms with van der Waals surface area (Å²) in [7, 11) is 1.70. The number of ether oxygens (including phenoxy) is 1. The minimum absolute atomic E-state index is 0.0893. The van der Waals surface area contributed by atoms with Crippen LogP contribution in [-0.2, 0) is 0 Å². The first-order valence-corrected chi connectivity index (χ1v) is 12.8. The van der Waals surface area contributed by atoms with Gasteiger partial charge < -0.3 is 20.1 Å². The molecule has 3 atom stereocenters. The number of fused-ring (bicyclic) bond motifs is 1. The van der Waals surface area contributed by atoms with Crippen molar-refractivity contribution in [3.05, 3.63) is 54.1 Å². The summed E-state index contributed by atoms with van der Waals surface area (Å²) >= 11 is 0. The van der Waals surface area contributed by atoms with Crippen LogP contribution >= 0.6 is 0 Å². The third-order valence-electron chi connectivity index (χ3n) is 8.05. The molecule has 2 aromatic rings. The molecule has 6 nitrogen and oxygen atoms in total. The molecule has 182 valence electrons. The third-order valence-corrected chi connectivity index (χ3v) is 8.05. The Morgan fingerprint density at radius 3 is 2.50 bits per heavy atom. The Morgan fingerprint density at radius 2 is 1.76 bits per heavy atom. The number of nitrogens with zero attached hydrogens (tertiary/aromatic N) is 2. The molecule has 2 amide bonds. The minimum atomic E-state index is 0.0893. The van der Waals surface area contributed by atoms with Crippen molar-refractivity contribution in [1.29, 1.82) is 0 Å². The summed E-state index contributed by atoms with van der Waals surface area (Å²) in [4.78, 5) is 17.5. The van der Waals surface area contributed by atoms with Gasteiger partial charge in [0.25, 0.3) is 0 Å². The Morgan fingerprint density at radius 1 is 1.03 bits per heavy atom. The lowest BCUT2D eigenvalue weighted by Crippen LogP contribution is -2.68. The molecule has 2 aromatic carbocycles. The Hall–Kier alpha value is -2.57. The monoisotopic (exact) mass is 463 g/mol. The van der Waals surface area contributed by atoms with E-state index in [0.717, 1.165) is 55.6 Å². The lowest BCUT2D eigenvalue weighted by Gasteiger charge is -2.57. The fourth-order valence-corrected chi connectivity index (χ4v) is 6.23. The Labute approximate surface area is 202 Å². The van der Waals surface area contributed by atoms with Crippen molar-refractivity contribution in [2.75, 3.05) is 33.4 Å². The van der Waals surface area contributed by atoms with Gasteiger partial charge in [-0.15, -0.1) is 0 Å². The molecule has 2 N–H and O–H groups in total. The third kappa shape index (κ3) is 4.53. The van der Waals surface area contributed by atoms with Crippen LogP contribution in [0.25, 0.3) is 11.1 Å². The summed E-state index contributed by atoms with van der Waals surface area (Å²) in [5.41, 5.74) is 3.43. The standard InChI is InChI=1S/C28H37N3O3/c1-34-26-11-5-4-10-23(26)20-12-14-21(15-13-20)27-24-18-30(28(33)29-22-8-2-3-9-22)16-6-7-17-31(24)25(27)19-32/h4-5,10-15,22,24-25,27,32H,2-3,6-9,16-19H2,1H3,(H,29,33)/t24-,25-,27+/m1/s1. The molecule has 0 radical (unpaired) electrons. The molecule has 0 spiro atoms. The number of aliphatic hydroxyl groups excluding tert-OH is 1. The van der Waals surface area contributed by atoms with Gasteiger partial charge in [-0.05, 0) is 49.4 Å². The number of amides is 2. The zero-order valence-electron chi connectivity index (χ0n) is 20.2. The first kappa shape index (κ1) is 23.2. The number of hydrogen-bond donors (Lipinski definition) is 2. The van der Waals surface area contributed by atoms with Crippen LogP contribution in [0.2, 0.25) is 0 Å². The van der Waals surface area contributed by atoms with Gasteiger partial charge in [-0.2, -0.15) is 0 Å². The van der Waals surface area contributed by atoms with Crippen LogP contribution < -0.4 is 10.1 Å². The van der Waals surface area contributed by atoms with E-state index < -0.39 is 0 Å². The highest BCUT2D eigenvalue weighted by molar-refractivity contribution is 5.74. The van der Waals surface area contributed by atoms with E-state index in [1.807, 2.05) is 23.1 Å². The summed E-state index contributed by atoms with van der Waals surface area (Å²) in [6.45, 7) is 2.66. The smallest absolute Gasteiger partial charge is 0.317 e. The summed E-state index contributed by atoms with van der Waals surface area (Å²) in [6.07, 6.45) is 6.70. The van der Waals surface area contributed by atoms with Gasteiger partial charge in [0.15, 0.2) is 0 Å². The Balaban J connectivity index is 1.34. The molecule has 1 aliphatic carbocycles. The first-order chi connectivity index (χ1) is 16.7. The van der Waals surface area contributed by atoms with Crippen LogP contribution in [0.4, 0.5) is 4.79 Å². The highest BCUT2D eigenvalue weighted by atomic mass is 16.5. The fourth-order valence-electron chi connectivity index (χ4n) is 6.23. The number of nitrogens with one attached hydrogen (secondary N) is 1. The number of urea groups is 1. The van der Waals surface area contributed by atoms with E-state index in [-0.39, 0.29) is 30.6 Å². The fraction of sp³-hybridized carbons (Fsp3) is 0.536. The van der Waals surface area contributed by atoms with Gasteiger partial charge >= 0.3 is 6.03 Å². The molecule has 34 heavy (non-hydrogen) atoms. The number of carbonyl (C=O) groups excluding carboxylic acids is 1. The maximum Gasteiger partial charge on any atom is 0.317 e. The van der Waals surface area contributed by atoms with Crippen molar-refractivity contribution < 1.29 is 14.6 Å². The van der Waals surface area contributed by atoms with E-state index in [1.54, 1.807) is 7.11 Å². The second kappa shape index (κ2) is 10.4. The Kier molecular flexibility index (Phi) is 7.07. The van der Waals surface area contributed by atoms with E-state index in [0.29, 0.717) is 12.6 Å². The maximum atomic E-state index is 13.1. The lowest BCUT2D eigenvalue weighted by molar-refractivity contribution is -0.0591. The molecule has 0 unspecified atom stereocenters. The SMILES string of the molecule is COc1ccccc1-c1ccc([C@@H]2[C@@H](CO)N3CCCCN(C(=O)NC4CCCC4)C[C@H]23)cc1. The molecule has 3 fully saturated rings. The van der Waals surface area contributed by atoms with E-state index in [1.165, 1.54) is 18.4 Å². The number of carbonyl (C=O) groups is 1. The predicted molar refractivity (Wildman–Crippen MR) is 134 cm³/mol. The van der Waals surface area contributed by atoms with Crippen molar-refractivity contribution in [2.45, 2.75) is 62.6 Å². The van der Waals surface area contributed by atoms with Crippen molar-refractivity contribution >= 4 is 6.03 Å². The molecule has 2 heterocycles. The lowest BCUT2D eigenvalue weighted by atomic mass is 9.74. The van der Waals surface area contributed by atoms with Crippen molar-refractivity contribution in [1.82, 2.24) is 15.1 Å². The first-order valence-electron chi connectivity index (χ1n) is 12.8. The van der Waals surface area contributed by atoms with Gasteiger partial charge in [-0.1, -0.05) is 55.3 Å². The molecule has 1 saturated carbocycles. The average molecular weight is 464 g/mol. The number of methoxy groups -OCH3 is 1. The van der Waals surface area contributed by atoms with E-state index in [9.17, 15) is 9.90 Å². The molecule has 2 aliphatic heterocycles. The summed E-state index contributed by atoms with van der Waals surface area (Å²) in [5, 5.41) is 13.5. The molecule has 3 aliphatic rings. The molecular weight excluding hydrogens is 426 g/mol. The normalized spacial score (nSPS) is 25.7. The van der Waals surface area contributed by atoms with Gasteiger partial charge in [0.05, 0.1) is 13.7 Å². The van der Waals surface area contributed by atoms with Crippen LogP contribution in [0.3, 0.4) is 0 Å². The molecule has 0 aromatic heterocycles. The van der Waals surface area contributed by atoms with Crippen molar-refractivity contribution in [2.24, 2.45) is 0 Å². The molecular formula is C28H37N3O3. The molecule has 5 rings (SSSR count). The summed E-state index contributed by atoms with van der Waals surface area (Å²) in [5.74, 6) is 1.08. The highest BCUT2D eigenvalue weighted by Gasteiger charge is 2.49. The van der Waals surface area contributed by atoms with E-state index in [2.05, 4.69) is 40.5 Å². The van der Waals surface area contributed by atoms with Crippen LogP contribution in [0.1, 0.15) is 50.0 Å². The van der Waals surface area contributed by atoms with Crippen LogP contribution in [0, 0.1) is 0 Å². The second-order valence-electron chi connectivity index (χ2n) is 9.99. The topological polar surface area (TPSA) is 65.0 Å². The van der Waals surface area contributed by atoms with Crippen LogP contribution in [-0.4, -0.2) is 72.4 Å². The second-order valence-corrected chi connectivity index (χ2v) is 9.99. The number of aliphatic hydroxyl groups is 1. The molecule has 6 heteroatoms. The molecule has 0 bridgehead atoms. The van der Waals surface area contributed by atoms with E-state index in [4.69, 9.17) is 4.74 Å². The van der Waals surface area contributed by atoms with Gasteiger partial charge in [0, 0.05) is 42.7 Å². The zero-order valence-corrected chi connectivity index (χ0v) is 20.2. The summed E-state index contributed by atoms with van der Waals surface area (Å²) < 4.78 is 5.54.